The molecule has 2 rings (SSSR count). The third-order valence-corrected chi connectivity index (χ3v) is 3.22. The summed E-state index contributed by atoms with van der Waals surface area (Å²) in [7, 11) is 1.63. The first-order chi connectivity index (χ1) is 9.20. The van der Waals surface area contributed by atoms with Gasteiger partial charge >= 0.3 is 0 Å². The summed E-state index contributed by atoms with van der Waals surface area (Å²) < 4.78 is 10.5. The minimum absolute atomic E-state index is 0.0250. The fourth-order valence-corrected chi connectivity index (χ4v) is 2.07. The zero-order chi connectivity index (χ0) is 13.7. The average Bonchev–Trinajstić information content (AvgIpc) is 2.46. The summed E-state index contributed by atoms with van der Waals surface area (Å²) in [6.45, 7) is 3.78. The molecule has 1 amide bonds. The summed E-state index contributed by atoms with van der Waals surface area (Å²) in [5.74, 6) is 0.786. The molecule has 5 nitrogen and oxygen atoms in total. The monoisotopic (exact) mass is 264 g/mol. The maximum Gasteiger partial charge on any atom is 0.240 e. The SMILES string of the molecule is COc1ccc(CNC(=O)[C@H]2NCCO[C@@H]2C)cc1. The molecule has 1 saturated heterocycles. The van der Waals surface area contributed by atoms with Crippen LogP contribution in [-0.4, -0.2) is 38.3 Å². The quantitative estimate of drug-likeness (QED) is 0.840. The van der Waals surface area contributed by atoms with Gasteiger partial charge in [0.15, 0.2) is 0 Å². The molecular weight excluding hydrogens is 244 g/mol. The third-order valence-electron chi connectivity index (χ3n) is 3.22. The Morgan fingerprint density at radius 2 is 2.21 bits per heavy atom. The van der Waals surface area contributed by atoms with E-state index in [2.05, 4.69) is 10.6 Å². The van der Waals surface area contributed by atoms with Crippen LogP contribution in [0.25, 0.3) is 0 Å². The van der Waals surface area contributed by atoms with Crippen molar-refractivity contribution in [3.8, 4) is 5.75 Å². The van der Waals surface area contributed by atoms with Gasteiger partial charge in [0.05, 0.1) is 19.8 Å². The summed E-state index contributed by atoms with van der Waals surface area (Å²) >= 11 is 0. The zero-order valence-electron chi connectivity index (χ0n) is 11.3. The Bertz CT molecular complexity index is 419. The number of amides is 1. The van der Waals surface area contributed by atoms with E-state index >= 15 is 0 Å². The minimum atomic E-state index is -0.271. The smallest absolute Gasteiger partial charge is 0.240 e. The Morgan fingerprint density at radius 1 is 1.47 bits per heavy atom. The lowest BCUT2D eigenvalue weighted by Gasteiger charge is -2.29. The second-order valence-electron chi connectivity index (χ2n) is 4.57. The lowest BCUT2D eigenvalue weighted by Crippen LogP contribution is -2.55. The second kappa shape index (κ2) is 6.54. The van der Waals surface area contributed by atoms with Gasteiger partial charge in [0.25, 0.3) is 0 Å². The van der Waals surface area contributed by atoms with Crippen LogP contribution >= 0.6 is 0 Å². The second-order valence-corrected chi connectivity index (χ2v) is 4.57. The first-order valence-electron chi connectivity index (χ1n) is 6.46. The van der Waals surface area contributed by atoms with Gasteiger partial charge in [-0.25, -0.2) is 0 Å². The minimum Gasteiger partial charge on any atom is -0.497 e. The fraction of sp³-hybridized carbons (Fsp3) is 0.500. The molecule has 104 valence electrons. The molecule has 0 unspecified atom stereocenters. The average molecular weight is 264 g/mol. The summed E-state index contributed by atoms with van der Waals surface area (Å²) in [4.78, 5) is 12.0. The molecular formula is C14H20N2O3. The maximum atomic E-state index is 12.0. The molecule has 0 radical (unpaired) electrons. The standard InChI is InChI=1S/C14H20N2O3/c1-10-13(15-7-8-19-10)14(17)16-9-11-3-5-12(18-2)6-4-11/h3-6,10,13,15H,7-9H2,1-2H3,(H,16,17)/t10-,13+/m1/s1. The van der Waals surface area contributed by atoms with Crippen LogP contribution in [0.15, 0.2) is 24.3 Å². The van der Waals surface area contributed by atoms with E-state index in [9.17, 15) is 4.79 Å². The zero-order valence-corrected chi connectivity index (χ0v) is 11.3. The van der Waals surface area contributed by atoms with E-state index in [-0.39, 0.29) is 18.1 Å². The van der Waals surface area contributed by atoms with Crippen LogP contribution in [0.1, 0.15) is 12.5 Å². The molecule has 0 aromatic heterocycles. The van der Waals surface area contributed by atoms with Crippen molar-refractivity contribution in [2.45, 2.75) is 25.6 Å². The summed E-state index contributed by atoms with van der Waals surface area (Å²) in [6, 6.07) is 7.37. The lowest BCUT2D eigenvalue weighted by molar-refractivity contribution is -0.129. The first kappa shape index (κ1) is 13.8. The number of benzene rings is 1. The Hall–Kier alpha value is -1.59. The number of hydrogen-bond acceptors (Lipinski definition) is 4. The van der Waals surface area contributed by atoms with E-state index in [0.717, 1.165) is 11.3 Å². The molecule has 1 fully saturated rings. The molecule has 1 aliphatic heterocycles. The molecule has 19 heavy (non-hydrogen) atoms. The number of carbonyl (C=O) groups is 1. The van der Waals surface area contributed by atoms with E-state index in [4.69, 9.17) is 9.47 Å². The van der Waals surface area contributed by atoms with Gasteiger partial charge in [-0.1, -0.05) is 12.1 Å². The molecule has 5 heteroatoms. The number of methoxy groups -OCH3 is 1. The fourth-order valence-electron chi connectivity index (χ4n) is 2.07. The van der Waals surface area contributed by atoms with Crippen LogP contribution in [-0.2, 0) is 16.1 Å². The molecule has 0 aliphatic carbocycles. The van der Waals surface area contributed by atoms with Crippen LogP contribution in [0.5, 0.6) is 5.75 Å². The van der Waals surface area contributed by atoms with Gasteiger partial charge in [0, 0.05) is 13.1 Å². The Labute approximate surface area is 113 Å². The predicted molar refractivity (Wildman–Crippen MR) is 72.0 cm³/mol. The van der Waals surface area contributed by atoms with Crippen molar-refractivity contribution in [1.29, 1.82) is 0 Å². The molecule has 0 spiro atoms. The van der Waals surface area contributed by atoms with Gasteiger partial charge in [-0.15, -0.1) is 0 Å². The van der Waals surface area contributed by atoms with Crippen molar-refractivity contribution in [2.24, 2.45) is 0 Å². The van der Waals surface area contributed by atoms with Crippen molar-refractivity contribution in [3.05, 3.63) is 29.8 Å². The first-order valence-corrected chi connectivity index (χ1v) is 6.46. The van der Waals surface area contributed by atoms with Crippen LogP contribution < -0.4 is 15.4 Å². The van der Waals surface area contributed by atoms with Gasteiger partial charge in [-0.3, -0.25) is 4.79 Å². The van der Waals surface area contributed by atoms with Crippen molar-refractivity contribution >= 4 is 5.91 Å². The number of rotatable bonds is 4. The maximum absolute atomic E-state index is 12.0. The number of carbonyl (C=O) groups excluding carboxylic acids is 1. The summed E-state index contributed by atoms with van der Waals surface area (Å²) in [6.07, 6.45) is -0.0929. The van der Waals surface area contributed by atoms with Gasteiger partial charge in [-0.05, 0) is 24.6 Å². The van der Waals surface area contributed by atoms with Gasteiger partial charge in [0.2, 0.25) is 5.91 Å². The van der Waals surface area contributed by atoms with E-state index < -0.39 is 0 Å². The Kier molecular flexibility index (Phi) is 4.76. The van der Waals surface area contributed by atoms with E-state index in [0.29, 0.717) is 19.7 Å². The Morgan fingerprint density at radius 3 is 2.84 bits per heavy atom. The highest BCUT2D eigenvalue weighted by molar-refractivity contribution is 5.82. The van der Waals surface area contributed by atoms with Crippen LogP contribution in [0, 0.1) is 0 Å². The van der Waals surface area contributed by atoms with Crippen LogP contribution in [0.4, 0.5) is 0 Å². The molecule has 1 aromatic rings. The number of morpholine rings is 1. The highest BCUT2D eigenvalue weighted by atomic mass is 16.5. The molecule has 1 aromatic carbocycles. The largest absolute Gasteiger partial charge is 0.497 e. The van der Waals surface area contributed by atoms with Crippen molar-refractivity contribution in [3.63, 3.8) is 0 Å². The normalized spacial score (nSPS) is 22.8. The van der Waals surface area contributed by atoms with Gasteiger partial charge in [0.1, 0.15) is 11.8 Å². The molecule has 2 N–H and O–H groups in total. The van der Waals surface area contributed by atoms with E-state index in [1.807, 2.05) is 31.2 Å². The predicted octanol–water partition coefficient (Wildman–Crippen LogP) is 0.688. The molecule has 1 heterocycles. The highest BCUT2D eigenvalue weighted by Gasteiger charge is 2.27. The highest BCUT2D eigenvalue weighted by Crippen LogP contribution is 2.11. The Balaban J connectivity index is 1.85. The molecule has 0 bridgehead atoms. The number of hydrogen-bond donors (Lipinski definition) is 2. The topological polar surface area (TPSA) is 59.6 Å². The number of ether oxygens (including phenoxy) is 2. The third kappa shape index (κ3) is 3.68. The van der Waals surface area contributed by atoms with Crippen molar-refractivity contribution < 1.29 is 14.3 Å². The molecule has 0 saturated carbocycles. The molecule has 1 aliphatic rings. The van der Waals surface area contributed by atoms with Crippen LogP contribution in [0.3, 0.4) is 0 Å². The van der Waals surface area contributed by atoms with Gasteiger partial charge in [-0.2, -0.15) is 0 Å². The van der Waals surface area contributed by atoms with Crippen molar-refractivity contribution in [1.82, 2.24) is 10.6 Å². The lowest BCUT2D eigenvalue weighted by atomic mass is 10.1. The summed E-state index contributed by atoms with van der Waals surface area (Å²) in [5, 5.41) is 6.08. The van der Waals surface area contributed by atoms with Gasteiger partial charge < -0.3 is 20.1 Å². The van der Waals surface area contributed by atoms with Crippen molar-refractivity contribution in [2.75, 3.05) is 20.3 Å². The number of nitrogens with one attached hydrogen (secondary N) is 2. The van der Waals surface area contributed by atoms with E-state index in [1.165, 1.54) is 0 Å². The molecule has 2 atom stereocenters. The van der Waals surface area contributed by atoms with E-state index in [1.54, 1.807) is 7.11 Å². The summed E-state index contributed by atoms with van der Waals surface area (Å²) in [5.41, 5.74) is 1.04. The van der Waals surface area contributed by atoms with Crippen LogP contribution in [0.2, 0.25) is 0 Å².